The molecule has 0 saturated carbocycles. The third-order valence-electron chi connectivity index (χ3n) is 4.02. The van der Waals surface area contributed by atoms with E-state index in [0.29, 0.717) is 11.3 Å². The molecule has 0 fully saturated rings. The minimum Gasteiger partial charge on any atom is -0.465 e. The zero-order chi connectivity index (χ0) is 16.7. The summed E-state index contributed by atoms with van der Waals surface area (Å²) in [5, 5.41) is 12.1. The second kappa shape index (κ2) is 5.61. The van der Waals surface area contributed by atoms with Crippen LogP contribution in [0.25, 0.3) is 10.6 Å². The number of rotatable bonds is 3. The molecule has 1 aromatic carbocycles. The van der Waals surface area contributed by atoms with Crippen LogP contribution in [0.2, 0.25) is 0 Å². The largest absolute Gasteiger partial charge is 0.465 e. The van der Waals surface area contributed by atoms with E-state index >= 15 is 0 Å². The van der Waals surface area contributed by atoms with Crippen LogP contribution in [-0.4, -0.2) is 29.2 Å². The highest BCUT2D eigenvalue weighted by atomic mass is 32.1. The lowest BCUT2D eigenvalue weighted by Gasteiger charge is -2.13. The third kappa shape index (κ3) is 2.21. The fourth-order valence-electron chi connectivity index (χ4n) is 2.86. The fourth-order valence-corrected chi connectivity index (χ4v) is 3.60. The maximum Gasteiger partial charge on any atom is 0.337 e. The average Bonchev–Trinajstić information content (AvgIpc) is 3.32. The number of hydrogen-bond donors (Lipinski definition) is 2. The van der Waals surface area contributed by atoms with Crippen LogP contribution in [-0.2, 0) is 4.74 Å². The van der Waals surface area contributed by atoms with Crippen molar-refractivity contribution in [3.05, 3.63) is 64.2 Å². The summed E-state index contributed by atoms with van der Waals surface area (Å²) < 4.78 is 4.71. The Morgan fingerprint density at radius 3 is 2.71 bits per heavy atom. The second-order valence-corrected chi connectivity index (χ2v) is 6.31. The molecule has 7 heteroatoms. The summed E-state index contributed by atoms with van der Waals surface area (Å²) >= 11 is 1.58. The van der Waals surface area contributed by atoms with Crippen LogP contribution in [0, 0.1) is 0 Å². The van der Waals surface area contributed by atoms with E-state index in [-0.39, 0.29) is 17.9 Å². The Balaban J connectivity index is 1.76. The molecule has 3 aromatic rings. The number of esters is 1. The summed E-state index contributed by atoms with van der Waals surface area (Å²) in [6.45, 7) is 0. The lowest BCUT2D eigenvalue weighted by atomic mass is 9.98. The van der Waals surface area contributed by atoms with E-state index in [1.165, 1.54) is 7.11 Å². The molecule has 0 bridgehead atoms. The van der Waals surface area contributed by atoms with E-state index in [1.54, 1.807) is 23.5 Å². The van der Waals surface area contributed by atoms with Crippen molar-refractivity contribution in [3.63, 3.8) is 0 Å². The lowest BCUT2D eigenvalue weighted by Crippen LogP contribution is -2.21. The number of methoxy groups -OCH3 is 1. The zero-order valence-electron chi connectivity index (χ0n) is 12.7. The van der Waals surface area contributed by atoms with Gasteiger partial charge in [-0.25, -0.2) is 4.79 Å². The summed E-state index contributed by atoms with van der Waals surface area (Å²) in [6.07, 6.45) is 0. The number of H-pyrrole nitrogens is 1. The highest BCUT2D eigenvalue weighted by molar-refractivity contribution is 7.13. The first-order valence-electron chi connectivity index (χ1n) is 7.30. The van der Waals surface area contributed by atoms with Gasteiger partial charge in [0.2, 0.25) is 0 Å². The van der Waals surface area contributed by atoms with Crippen molar-refractivity contribution >= 4 is 23.2 Å². The van der Waals surface area contributed by atoms with Crippen molar-refractivity contribution in [2.45, 2.75) is 6.04 Å². The molecule has 120 valence electrons. The predicted molar refractivity (Wildman–Crippen MR) is 89.0 cm³/mol. The lowest BCUT2D eigenvalue weighted by molar-refractivity contribution is 0.0600. The summed E-state index contributed by atoms with van der Waals surface area (Å²) in [5.74, 6) is -0.591. The molecule has 4 rings (SSSR count). The van der Waals surface area contributed by atoms with Crippen molar-refractivity contribution in [3.8, 4) is 10.6 Å². The topological polar surface area (TPSA) is 84.1 Å². The Kier molecular flexibility index (Phi) is 3.42. The Morgan fingerprint density at radius 2 is 2.04 bits per heavy atom. The number of amides is 1. The van der Waals surface area contributed by atoms with Gasteiger partial charge in [0.1, 0.15) is 0 Å². The Hall–Kier alpha value is -2.93. The molecule has 1 aliphatic rings. The summed E-state index contributed by atoms with van der Waals surface area (Å²) in [5.41, 5.74) is 3.46. The van der Waals surface area contributed by atoms with Crippen LogP contribution in [0.5, 0.6) is 0 Å². The van der Waals surface area contributed by atoms with Crippen LogP contribution in [0.4, 0.5) is 0 Å². The maximum absolute atomic E-state index is 12.2. The van der Waals surface area contributed by atoms with Crippen LogP contribution in [0.1, 0.15) is 38.0 Å². The first kappa shape index (κ1) is 14.6. The molecule has 0 aliphatic carbocycles. The van der Waals surface area contributed by atoms with E-state index < -0.39 is 0 Å². The molecule has 0 spiro atoms. The molecular weight excluding hydrogens is 326 g/mol. The number of thiophene rings is 1. The van der Waals surface area contributed by atoms with Gasteiger partial charge in [-0.05, 0) is 29.1 Å². The number of aromatic nitrogens is 2. The molecule has 6 nitrogen and oxygen atoms in total. The fraction of sp³-hybridized carbons (Fsp3) is 0.118. The summed E-state index contributed by atoms with van der Waals surface area (Å²) in [7, 11) is 1.35. The molecule has 1 atom stereocenters. The molecular formula is C17H13N3O3S. The number of benzene rings is 1. The average molecular weight is 339 g/mol. The van der Waals surface area contributed by atoms with E-state index in [9.17, 15) is 9.59 Å². The molecule has 1 aliphatic heterocycles. The van der Waals surface area contributed by atoms with Crippen molar-refractivity contribution in [1.29, 1.82) is 0 Å². The quantitative estimate of drug-likeness (QED) is 0.719. The Bertz CT molecular complexity index is 913. The van der Waals surface area contributed by atoms with Gasteiger partial charge in [0.15, 0.2) is 5.69 Å². The molecule has 3 heterocycles. The predicted octanol–water partition coefficient (Wildman–Crippen LogP) is 2.76. The molecule has 1 unspecified atom stereocenters. The van der Waals surface area contributed by atoms with Crippen molar-refractivity contribution in [2.75, 3.05) is 7.11 Å². The van der Waals surface area contributed by atoms with Gasteiger partial charge in [-0.15, -0.1) is 11.3 Å². The number of hydrogen-bond acceptors (Lipinski definition) is 5. The van der Waals surface area contributed by atoms with Crippen molar-refractivity contribution in [1.82, 2.24) is 15.5 Å². The van der Waals surface area contributed by atoms with Crippen LogP contribution >= 0.6 is 11.3 Å². The first-order valence-corrected chi connectivity index (χ1v) is 8.18. The van der Waals surface area contributed by atoms with Gasteiger partial charge in [0, 0.05) is 5.56 Å². The van der Waals surface area contributed by atoms with Crippen molar-refractivity contribution < 1.29 is 14.3 Å². The minimum atomic E-state index is -0.389. The SMILES string of the molecule is COC(=O)c1ccc(C2NC(=O)c3n[nH]c(-c4cccs4)c32)cc1. The minimum absolute atomic E-state index is 0.203. The molecule has 0 radical (unpaired) electrons. The summed E-state index contributed by atoms with van der Waals surface area (Å²) in [6, 6.07) is 10.7. The number of nitrogens with zero attached hydrogens (tertiary/aromatic N) is 1. The van der Waals surface area contributed by atoms with Crippen LogP contribution in [0.15, 0.2) is 41.8 Å². The molecule has 24 heavy (non-hydrogen) atoms. The van der Waals surface area contributed by atoms with Gasteiger partial charge < -0.3 is 10.1 Å². The Labute approximate surface area is 141 Å². The normalized spacial score (nSPS) is 15.9. The third-order valence-corrected chi connectivity index (χ3v) is 4.90. The van der Waals surface area contributed by atoms with Gasteiger partial charge in [0.25, 0.3) is 5.91 Å². The van der Waals surface area contributed by atoms with E-state index in [1.807, 2.05) is 29.6 Å². The number of nitrogens with one attached hydrogen (secondary N) is 2. The van der Waals surface area contributed by atoms with Gasteiger partial charge in [-0.3, -0.25) is 9.89 Å². The van der Waals surface area contributed by atoms with E-state index in [0.717, 1.165) is 21.7 Å². The van der Waals surface area contributed by atoms with E-state index in [2.05, 4.69) is 15.5 Å². The monoisotopic (exact) mass is 339 g/mol. The van der Waals surface area contributed by atoms with Gasteiger partial charge >= 0.3 is 5.97 Å². The van der Waals surface area contributed by atoms with E-state index in [4.69, 9.17) is 4.74 Å². The second-order valence-electron chi connectivity index (χ2n) is 5.36. The molecule has 2 N–H and O–H groups in total. The number of carbonyl (C=O) groups excluding carboxylic acids is 2. The summed E-state index contributed by atoms with van der Waals surface area (Å²) in [4.78, 5) is 24.8. The smallest absolute Gasteiger partial charge is 0.337 e. The number of fused-ring (bicyclic) bond motifs is 1. The van der Waals surface area contributed by atoms with Crippen LogP contribution in [0.3, 0.4) is 0 Å². The molecule has 2 aromatic heterocycles. The number of aromatic amines is 1. The van der Waals surface area contributed by atoms with Crippen LogP contribution < -0.4 is 5.32 Å². The highest BCUT2D eigenvalue weighted by Gasteiger charge is 2.35. The first-order chi connectivity index (χ1) is 11.7. The van der Waals surface area contributed by atoms with Gasteiger partial charge in [0.05, 0.1) is 29.3 Å². The Morgan fingerprint density at radius 1 is 1.25 bits per heavy atom. The maximum atomic E-state index is 12.2. The van der Waals surface area contributed by atoms with Crippen molar-refractivity contribution in [2.24, 2.45) is 0 Å². The number of ether oxygens (including phenoxy) is 1. The number of carbonyl (C=O) groups is 2. The zero-order valence-corrected chi connectivity index (χ0v) is 13.5. The molecule has 1 amide bonds. The highest BCUT2D eigenvalue weighted by Crippen LogP contribution is 2.38. The standard InChI is InChI=1S/C17H13N3O3S/c1-23-17(22)10-6-4-9(5-7-10)13-12-14(11-3-2-8-24-11)19-20-15(12)16(21)18-13/h2-8,13H,1H3,(H,18,21)(H,19,20). The molecule has 0 saturated heterocycles. The van der Waals surface area contributed by atoms with Gasteiger partial charge in [-0.1, -0.05) is 18.2 Å². The van der Waals surface area contributed by atoms with Gasteiger partial charge in [-0.2, -0.15) is 5.10 Å².